The average molecular weight is 463 g/mol. The number of carboxylic acid groups (broad SMARTS) is 2. The number of aromatic nitrogens is 2. The molecule has 9 heteroatoms. The Balaban J connectivity index is 0.000000350. The van der Waals surface area contributed by atoms with E-state index in [9.17, 15) is 19.8 Å². The summed E-state index contributed by atoms with van der Waals surface area (Å²) in [7, 11) is 0. The van der Waals surface area contributed by atoms with Crippen molar-refractivity contribution >= 4 is 28.8 Å². The molecule has 1 fully saturated rings. The summed E-state index contributed by atoms with van der Waals surface area (Å²) in [6, 6.07) is 17.8. The van der Waals surface area contributed by atoms with Gasteiger partial charge in [0.1, 0.15) is 5.75 Å². The summed E-state index contributed by atoms with van der Waals surface area (Å²) < 4.78 is 6.09. The largest absolute Gasteiger partial charge is 0.545 e. The molecule has 0 bridgehead atoms. The first-order valence-electron chi connectivity index (χ1n) is 11.0. The summed E-state index contributed by atoms with van der Waals surface area (Å²) in [5, 5.41) is 19.8. The molecule has 0 spiro atoms. The third kappa shape index (κ3) is 7.28. The zero-order chi connectivity index (χ0) is 24.3. The molecule has 3 aromatic rings. The fourth-order valence-corrected chi connectivity index (χ4v) is 3.48. The van der Waals surface area contributed by atoms with Crippen molar-refractivity contribution in [1.82, 2.24) is 14.9 Å². The van der Waals surface area contributed by atoms with Gasteiger partial charge in [0.25, 0.3) is 0 Å². The summed E-state index contributed by atoms with van der Waals surface area (Å²) in [6.07, 6.45) is 1.96. The van der Waals surface area contributed by atoms with Gasteiger partial charge in [-0.25, -0.2) is 4.98 Å². The van der Waals surface area contributed by atoms with Crippen molar-refractivity contribution in [1.29, 1.82) is 0 Å². The van der Waals surface area contributed by atoms with E-state index in [0.29, 0.717) is 18.0 Å². The minimum Gasteiger partial charge on any atom is -0.545 e. The number of carbonyl (C=O) groups excluding carboxylic acids is 2. The maximum atomic E-state index is 9.41. The molecule has 9 nitrogen and oxygen atoms in total. The SMILES string of the molecule is CCCN1CCN(c2nc(Oc3ccccc3)c3ccccc3n2)CC1.O=C([O-])C=CC(=O)[O-]. The fraction of sp³-hybridized carbons (Fsp3) is 0.280. The number of nitrogens with zero attached hydrogens (tertiary/aromatic N) is 4. The molecule has 1 aliphatic rings. The van der Waals surface area contributed by atoms with E-state index in [-0.39, 0.29) is 0 Å². The van der Waals surface area contributed by atoms with Crippen molar-refractivity contribution in [3.8, 4) is 11.6 Å². The number of hydrogen-bond acceptors (Lipinski definition) is 9. The first-order valence-corrected chi connectivity index (χ1v) is 11.0. The van der Waals surface area contributed by atoms with E-state index in [0.717, 1.165) is 55.3 Å². The van der Waals surface area contributed by atoms with Gasteiger partial charge in [-0.2, -0.15) is 4.98 Å². The molecule has 0 unspecified atom stereocenters. The molecule has 34 heavy (non-hydrogen) atoms. The highest BCUT2D eigenvalue weighted by Crippen LogP contribution is 2.29. The van der Waals surface area contributed by atoms with Gasteiger partial charge in [-0.15, -0.1) is 0 Å². The molecule has 4 rings (SSSR count). The van der Waals surface area contributed by atoms with Gasteiger partial charge in [-0.05, 0) is 49.4 Å². The van der Waals surface area contributed by atoms with Crippen LogP contribution in [0, 0.1) is 0 Å². The second-order valence-corrected chi connectivity index (χ2v) is 7.56. The van der Waals surface area contributed by atoms with Crippen LogP contribution in [-0.4, -0.2) is 59.5 Å². The maximum Gasteiger partial charge on any atom is 0.231 e. The van der Waals surface area contributed by atoms with Crippen molar-refractivity contribution < 1.29 is 24.5 Å². The third-order valence-electron chi connectivity index (χ3n) is 5.06. The van der Waals surface area contributed by atoms with Crippen LogP contribution in [0.15, 0.2) is 66.7 Å². The fourth-order valence-electron chi connectivity index (χ4n) is 3.48. The smallest absolute Gasteiger partial charge is 0.231 e. The van der Waals surface area contributed by atoms with Gasteiger partial charge in [0, 0.05) is 26.2 Å². The van der Waals surface area contributed by atoms with E-state index in [1.807, 2.05) is 54.6 Å². The number of fused-ring (bicyclic) bond motifs is 1. The van der Waals surface area contributed by atoms with E-state index in [1.54, 1.807) is 0 Å². The number of ether oxygens (including phenoxy) is 1. The van der Waals surface area contributed by atoms with Gasteiger partial charge >= 0.3 is 0 Å². The Kier molecular flexibility index (Phi) is 8.93. The third-order valence-corrected chi connectivity index (χ3v) is 5.06. The molecular weight excluding hydrogens is 436 g/mol. The van der Waals surface area contributed by atoms with Crippen LogP contribution in [0.5, 0.6) is 11.6 Å². The number of para-hydroxylation sites is 2. The first-order chi connectivity index (χ1) is 16.5. The summed E-state index contributed by atoms with van der Waals surface area (Å²) in [5.74, 6) is -0.933. The van der Waals surface area contributed by atoms with E-state index in [2.05, 4.69) is 16.7 Å². The Morgan fingerprint density at radius 1 is 0.912 bits per heavy atom. The number of aliphatic carboxylic acids is 2. The van der Waals surface area contributed by atoms with Gasteiger partial charge in [0.05, 0.1) is 22.8 Å². The van der Waals surface area contributed by atoms with Crippen molar-refractivity contribution in [3.05, 3.63) is 66.7 Å². The molecular formula is C25H26N4O5-2. The maximum absolute atomic E-state index is 9.41. The minimum absolute atomic E-state index is 0.384. The normalized spacial score (nSPS) is 14.0. The lowest BCUT2D eigenvalue weighted by molar-refractivity contribution is -0.301. The quantitative estimate of drug-likeness (QED) is 0.473. The van der Waals surface area contributed by atoms with Gasteiger partial charge in [0.15, 0.2) is 0 Å². The zero-order valence-electron chi connectivity index (χ0n) is 18.9. The average Bonchev–Trinajstić information content (AvgIpc) is 2.84. The number of anilines is 1. The molecule has 0 radical (unpaired) electrons. The number of carboxylic acids is 2. The Morgan fingerprint density at radius 3 is 2.15 bits per heavy atom. The standard InChI is InChI=1S/C21H24N4O.C4H4O4/c1-2-12-24-13-15-25(16-14-24)21-22-19-11-7-6-10-18(19)20(23-21)26-17-8-4-3-5-9-17;5-3(6)1-2-4(7)8/h3-11H,2,12-16H2,1H3;1-2H,(H,5,6)(H,7,8)/p-2. The van der Waals surface area contributed by atoms with Gasteiger partial charge in [-0.1, -0.05) is 37.3 Å². The Hall–Kier alpha value is -3.98. The molecule has 0 saturated carbocycles. The first kappa shape index (κ1) is 24.7. The van der Waals surface area contributed by atoms with Gasteiger partial charge in [-0.3, -0.25) is 4.90 Å². The van der Waals surface area contributed by atoms with Crippen LogP contribution in [0.1, 0.15) is 13.3 Å². The predicted molar refractivity (Wildman–Crippen MR) is 124 cm³/mol. The molecule has 178 valence electrons. The number of carbonyl (C=O) groups is 2. The molecule has 1 aliphatic heterocycles. The lowest BCUT2D eigenvalue weighted by Gasteiger charge is -2.34. The number of piperazine rings is 1. The van der Waals surface area contributed by atoms with Crippen LogP contribution < -0.4 is 19.8 Å². The van der Waals surface area contributed by atoms with E-state index >= 15 is 0 Å². The van der Waals surface area contributed by atoms with Crippen molar-refractivity contribution in [2.24, 2.45) is 0 Å². The minimum atomic E-state index is -1.55. The second-order valence-electron chi connectivity index (χ2n) is 7.56. The van der Waals surface area contributed by atoms with E-state index < -0.39 is 11.9 Å². The number of rotatable bonds is 7. The van der Waals surface area contributed by atoms with Crippen molar-refractivity contribution in [2.45, 2.75) is 13.3 Å². The van der Waals surface area contributed by atoms with Gasteiger partial charge < -0.3 is 29.4 Å². The van der Waals surface area contributed by atoms with Crippen LogP contribution >= 0.6 is 0 Å². The zero-order valence-corrected chi connectivity index (χ0v) is 18.9. The van der Waals surface area contributed by atoms with Crippen LogP contribution in [0.25, 0.3) is 10.9 Å². The summed E-state index contributed by atoms with van der Waals surface area (Å²) in [4.78, 5) is 33.1. The molecule has 1 saturated heterocycles. The van der Waals surface area contributed by atoms with Crippen molar-refractivity contribution in [2.75, 3.05) is 37.6 Å². The summed E-state index contributed by atoms with van der Waals surface area (Å²) in [6.45, 7) is 7.39. The Bertz CT molecular complexity index is 1110. The highest BCUT2D eigenvalue weighted by Gasteiger charge is 2.20. The summed E-state index contributed by atoms with van der Waals surface area (Å²) >= 11 is 0. The molecule has 1 aromatic heterocycles. The van der Waals surface area contributed by atoms with Crippen molar-refractivity contribution in [3.63, 3.8) is 0 Å². The molecule has 2 heterocycles. The van der Waals surface area contributed by atoms with E-state index in [4.69, 9.17) is 14.7 Å². The number of benzene rings is 2. The van der Waals surface area contributed by atoms with Gasteiger partial charge in [0.2, 0.25) is 11.8 Å². The number of hydrogen-bond donors (Lipinski definition) is 0. The molecule has 2 aromatic carbocycles. The van der Waals surface area contributed by atoms with Crippen LogP contribution in [0.4, 0.5) is 5.95 Å². The monoisotopic (exact) mass is 462 g/mol. The predicted octanol–water partition coefficient (Wildman–Crippen LogP) is 0.996. The van der Waals surface area contributed by atoms with E-state index in [1.165, 1.54) is 6.42 Å². The molecule has 0 atom stereocenters. The highest BCUT2D eigenvalue weighted by molar-refractivity contribution is 5.87. The highest BCUT2D eigenvalue weighted by atomic mass is 16.5. The molecule has 0 aliphatic carbocycles. The lowest BCUT2D eigenvalue weighted by atomic mass is 10.2. The lowest BCUT2D eigenvalue weighted by Crippen LogP contribution is -2.47. The second kappa shape index (κ2) is 12.3. The van der Waals surface area contributed by atoms with Crippen LogP contribution in [-0.2, 0) is 9.59 Å². The molecule has 0 N–H and O–H groups in total. The topological polar surface area (TPSA) is 122 Å². The Labute approximate surface area is 197 Å². The molecule has 0 amide bonds. The van der Waals surface area contributed by atoms with Crippen LogP contribution in [0.2, 0.25) is 0 Å². The Morgan fingerprint density at radius 2 is 1.53 bits per heavy atom. The summed E-state index contributed by atoms with van der Waals surface area (Å²) in [5.41, 5.74) is 0.916. The van der Waals surface area contributed by atoms with Crippen LogP contribution in [0.3, 0.4) is 0 Å².